The molecule has 302 valence electrons. The summed E-state index contributed by atoms with van der Waals surface area (Å²) < 4.78 is 4.76. The summed E-state index contributed by atoms with van der Waals surface area (Å²) in [7, 11) is 0. The van der Waals surface area contributed by atoms with E-state index in [1.54, 1.807) is 0 Å². The van der Waals surface area contributed by atoms with Crippen molar-refractivity contribution in [2.75, 3.05) is 9.80 Å². The zero-order valence-electron chi connectivity index (χ0n) is 35.0. The van der Waals surface area contributed by atoms with Gasteiger partial charge in [0.05, 0.1) is 22.1 Å². The lowest BCUT2D eigenvalue weighted by molar-refractivity contribution is 1.18. The molecule has 2 heterocycles. The molecule has 12 rings (SSSR count). The number of para-hydroxylation sites is 6. The van der Waals surface area contributed by atoms with E-state index in [9.17, 15) is 0 Å². The Morgan fingerprint density at radius 2 is 0.516 bits per heavy atom. The second-order valence-electron chi connectivity index (χ2n) is 16.2. The molecule has 0 spiro atoms. The van der Waals surface area contributed by atoms with E-state index < -0.39 is 0 Å². The highest BCUT2D eigenvalue weighted by Gasteiger charge is 2.20. The van der Waals surface area contributed by atoms with E-state index in [0.717, 1.165) is 56.6 Å². The Labute approximate surface area is 372 Å². The van der Waals surface area contributed by atoms with E-state index >= 15 is 0 Å². The van der Waals surface area contributed by atoms with Crippen molar-refractivity contribution in [1.29, 1.82) is 0 Å². The molecule has 12 aromatic rings. The van der Waals surface area contributed by atoms with E-state index in [1.807, 2.05) is 0 Å². The standard InChI is InChI=1S/C60H42N4/c1-5-17-45(18-6-1)61(51-37-39-55-53-25-13-15-27-57(53)63(59(55)41-51)47-21-9-3-10-22-47)49-33-29-43(30-34-49)44-31-35-50(36-32-44)62(46-19-7-2-8-20-46)52-38-40-56-54-26-14-16-28-58(54)64(60(56)42-52)48-23-11-4-12-24-48/h1-42H. The van der Waals surface area contributed by atoms with Crippen molar-refractivity contribution in [1.82, 2.24) is 9.13 Å². The third kappa shape index (κ3) is 6.40. The summed E-state index contributed by atoms with van der Waals surface area (Å²) in [6.07, 6.45) is 0. The summed E-state index contributed by atoms with van der Waals surface area (Å²) in [5.74, 6) is 0. The predicted octanol–water partition coefficient (Wildman–Crippen LogP) is 16.5. The van der Waals surface area contributed by atoms with Crippen molar-refractivity contribution >= 4 is 77.7 Å². The SMILES string of the molecule is c1ccc(N(c2ccc(-c3ccc(N(c4ccccc4)c4ccc5c6ccccc6n(-c6ccccc6)c5c4)cc3)cc2)c2ccc3c4ccccc4n(-c4ccccc4)c3c2)cc1. The summed E-state index contributed by atoms with van der Waals surface area (Å²) >= 11 is 0. The van der Waals surface area contributed by atoms with Crippen molar-refractivity contribution < 1.29 is 0 Å². The summed E-state index contributed by atoms with van der Waals surface area (Å²) in [5.41, 5.74) is 15.9. The monoisotopic (exact) mass is 818 g/mol. The van der Waals surface area contributed by atoms with Crippen molar-refractivity contribution in [3.63, 3.8) is 0 Å². The Morgan fingerprint density at radius 3 is 0.906 bits per heavy atom. The third-order valence-electron chi connectivity index (χ3n) is 12.5. The van der Waals surface area contributed by atoms with Gasteiger partial charge in [-0.1, -0.05) is 146 Å². The first-order valence-electron chi connectivity index (χ1n) is 21.8. The molecular weight excluding hydrogens is 777 g/mol. The zero-order chi connectivity index (χ0) is 42.4. The normalized spacial score (nSPS) is 11.4. The second kappa shape index (κ2) is 15.7. The first kappa shape index (κ1) is 37.2. The maximum Gasteiger partial charge on any atom is 0.0561 e. The number of hydrogen-bond donors (Lipinski definition) is 0. The fourth-order valence-electron chi connectivity index (χ4n) is 9.56. The Kier molecular flexibility index (Phi) is 9.12. The van der Waals surface area contributed by atoms with E-state index in [0.29, 0.717) is 0 Å². The average molecular weight is 819 g/mol. The van der Waals surface area contributed by atoms with Crippen LogP contribution in [0.2, 0.25) is 0 Å². The molecule has 0 radical (unpaired) electrons. The first-order chi connectivity index (χ1) is 31.8. The van der Waals surface area contributed by atoms with Gasteiger partial charge in [0.1, 0.15) is 0 Å². The van der Waals surface area contributed by atoms with Crippen LogP contribution in [0, 0.1) is 0 Å². The maximum atomic E-state index is 2.38. The molecule has 64 heavy (non-hydrogen) atoms. The van der Waals surface area contributed by atoms with Crippen LogP contribution in [0.15, 0.2) is 255 Å². The van der Waals surface area contributed by atoms with Gasteiger partial charge in [-0.3, -0.25) is 0 Å². The van der Waals surface area contributed by atoms with Gasteiger partial charge in [-0.15, -0.1) is 0 Å². The Morgan fingerprint density at radius 1 is 0.219 bits per heavy atom. The molecule has 0 N–H and O–H groups in total. The van der Waals surface area contributed by atoms with Crippen molar-refractivity contribution in [2.45, 2.75) is 0 Å². The minimum Gasteiger partial charge on any atom is -0.310 e. The van der Waals surface area contributed by atoms with E-state index in [-0.39, 0.29) is 0 Å². The quantitative estimate of drug-likeness (QED) is 0.144. The first-order valence-corrected chi connectivity index (χ1v) is 21.8. The Balaban J connectivity index is 0.914. The highest BCUT2D eigenvalue weighted by Crippen LogP contribution is 2.42. The fourth-order valence-corrected chi connectivity index (χ4v) is 9.56. The number of hydrogen-bond acceptors (Lipinski definition) is 2. The molecule has 0 unspecified atom stereocenters. The Bertz CT molecular complexity index is 3330. The summed E-state index contributed by atoms with van der Waals surface area (Å²) in [4.78, 5) is 4.70. The van der Waals surface area contributed by atoms with Gasteiger partial charge in [-0.05, 0) is 120 Å². The van der Waals surface area contributed by atoms with Crippen LogP contribution in [0.4, 0.5) is 34.1 Å². The highest BCUT2D eigenvalue weighted by molar-refractivity contribution is 6.11. The molecule has 4 nitrogen and oxygen atoms in total. The zero-order valence-corrected chi connectivity index (χ0v) is 35.0. The molecule has 4 heteroatoms. The molecule has 0 fully saturated rings. The fraction of sp³-hybridized carbons (Fsp3) is 0. The third-order valence-corrected chi connectivity index (χ3v) is 12.5. The molecule has 0 aliphatic heterocycles. The number of fused-ring (bicyclic) bond motifs is 6. The van der Waals surface area contributed by atoms with Gasteiger partial charge in [0.15, 0.2) is 0 Å². The topological polar surface area (TPSA) is 16.3 Å². The van der Waals surface area contributed by atoms with Gasteiger partial charge in [-0.2, -0.15) is 0 Å². The second-order valence-corrected chi connectivity index (χ2v) is 16.2. The number of anilines is 6. The number of nitrogens with zero attached hydrogens (tertiary/aromatic N) is 4. The van der Waals surface area contributed by atoms with Crippen LogP contribution >= 0.6 is 0 Å². The summed E-state index contributed by atoms with van der Waals surface area (Å²) in [5, 5.41) is 4.96. The molecule has 0 saturated heterocycles. The average Bonchev–Trinajstić information content (AvgIpc) is 3.88. The van der Waals surface area contributed by atoms with E-state index in [4.69, 9.17) is 0 Å². The van der Waals surface area contributed by atoms with Crippen LogP contribution in [0.3, 0.4) is 0 Å². The van der Waals surface area contributed by atoms with Gasteiger partial charge < -0.3 is 18.9 Å². The molecule has 0 aliphatic rings. The van der Waals surface area contributed by atoms with Crippen LogP contribution in [0.25, 0.3) is 66.1 Å². The largest absolute Gasteiger partial charge is 0.310 e. The van der Waals surface area contributed by atoms with Gasteiger partial charge in [0, 0.05) is 67.0 Å². The van der Waals surface area contributed by atoms with Crippen LogP contribution in [0.1, 0.15) is 0 Å². The molecule has 0 bridgehead atoms. The minimum absolute atomic E-state index is 1.09. The van der Waals surface area contributed by atoms with Crippen LogP contribution in [-0.4, -0.2) is 9.13 Å². The summed E-state index contributed by atoms with van der Waals surface area (Å²) in [6.45, 7) is 0. The smallest absolute Gasteiger partial charge is 0.0561 e. The molecule has 0 amide bonds. The van der Waals surface area contributed by atoms with E-state index in [2.05, 4.69) is 274 Å². The predicted molar refractivity (Wildman–Crippen MR) is 270 cm³/mol. The van der Waals surface area contributed by atoms with Gasteiger partial charge in [0.25, 0.3) is 0 Å². The minimum atomic E-state index is 1.09. The number of rotatable bonds is 9. The summed E-state index contributed by atoms with van der Waals surface area (Å²) in [6, 6.07) is 91.7. The molecule has 0 aliphatic carbocycles. The molecular formula is C60H42N4. The van der Waals surface area contributed by atoms with Crippen molar-refractivity contribution in [3.8, 4) is 22.5 Å². The molecule has 0 saturated carbocycles. The maximum absolute atomic E-state index is 2.38. The number of benzene rings is 10. The van der Waals surface area contributed by atoms with Crippen molar-refractivity contribution in [3.05, 3.63) is 255 Å². The highest BCUT2D eigenvalue weighted by atomic mass is 15.2. The lowest BCUT2D eigenvalue weighted by atomic mass is 10.0. The number of aromatic nitrogens is 2. The van der Waals surface area contributed by atoms with Gasteiger partial charge in [0.2, 0.25) is 0 Å². The molecule has 10 aromatic carbocycles. The molecule has 0 atom stereocenters. The van der Waals surface area contributed by atoms with Crippen LogP contribution < -0.4 is 9.80 Å². The molecule has 2 aromatic heterocycles. The van der Waals surface area contributed by atoms with Crippen LogP contribution in [-0.2, 0) is 0 Å². The van der Waals surface area contributed by atoms with Crippen molar-refractivity contribution in [2.24, 2.45) is 0 Å². The lowest BCUT2D eigenvalue weighted by Crippen LogP contribution is -2.10. The van der Waals surface area contributed by atoms with E-state index in [1.165, 1.54) is 43.6 Å². The lowest BCUT2D eigenvalue weighted by Gasteiger charge is -2.26. The Hall–Kier alpha value is -8.60. The van der Waals surface area contributed by atoms with Crippen LogP contribution in [0.5, 0.6) is 0 Å². The van der Waals surface area contributed by atoms with Gasteiger partial charge in [-0.25, -0.2) is 0 Å². The van der Waals surface area contributed by atoms with Gasteiger partial charge >= 0.3 is 0 Å².